The lowest BCUT2D eigenvalue weighted by Crippen LogP contribution is -2.27. The number of fused-ring (bicyclic) bond motifs is 1. The highest BCUT2D eigenvalue weighted by atomic mass is 19.4. The van der Waals surface area contributed by atoms with Crippen molar-refractivity contribution in [3.63, 3.8) is 0 Å². The Hall–Kier alpha value is -3.87. The van der Waals surface area contributed by atoms with Crippen molar-refractivity contribution in [3.8, 4) is 29.0 Å². The lowest BCUT2D eigenvalue weighted by atomic mass is 10.1. The molecular formula is C23H18F3N5O2. The van der Waals surface area contributed by atoms with E-state index in [1.54, 1.807) is 23.1 Å². The number of imidazole rings is 1. The number of aryl methyl sites for hydroxylation is 1. The zero-order valence-electron chi connectivity index (χ0n) is 17.6. The average molecular weight is 453 g/mol. The van der Waals surface area contributed by atoms with E-state index in [2.05, 4.69) is 16.0 Å². The molecule has 7 nitrogen and oxygen atoms in total. The summed E-state index contributed by atoms with van der Waals surface area (Å²) >= 11 is 0. The van der Waals surface area contributed by atoms with E-state index in [9.17, 15) is 23.2 Å². The van der Waals surface area contributed by atoms with Crippen LogP contribution in [0.25, 0.3) is 11.3 Å². The highest BCUT2D eigenvalue weighted by Crippen LogP contribution is 2.36. The summed E-state index contributed by atoms with van der Waals surface area (Å²) < 4.78 is 45.6. The van der Waals surface area contributed by atoms with Crippen molar-refractivity contribution in [2.24, 2.45) is 5.92 Å². The van der Waals surface area contributed by atoms with Crippen LogP contribution in [0.3, 0.4) is 0 Å². The van der Waals surface area contributed by atoms with E-state index in [0.29, 0.717) is 35.9 Å². The van der Waals surface area contributed by atoms with Gasteiger partial charge >= 0.3 is 6.18 Å². The summed E-state index contributed by atoms with van der Waals surface area (Å²) in [4.78, 5) is 22.7. The van der Waals surface area contributed by atoms with E-state index in [1.165, 1.54) is 0 Å². The second kappa shape index (κ2) is 7.62. The summed E-state index contributed by atoms with van der Waals surface area (Å²) in [7, 11) is 0. The molecule has 1 aliphatic heterocycles. The SMILES string of the molecule is Cc1nc2n(c1-c1ccc(Oc3ccc(C(F)(F)F)cn3)c(C#N)c1)CN(CC1CC1)C2=O. The predicted molar refractivity (Wildman–Crippen MR) is 110 cm³/mol. The van der Waals surface area contributed by atoms with Gasteiger partial charge in [0.1, 0.15) is 11.8 Å². The molecule has 168 valence electrons. The van der Waals surface area contributed by atoms with Crippen molar-refractivity contribution in [3.05, 3.63) is 59.2 Å². The Bertz CT molecular complexity index is 1290. The first-order chi connectivity index (χ1) is 15.7. The maximum absolute atomic E-state index is 12.7. The Morgan fingerprint density at radius 1 is 1.24 bits per heavy atom. The van der Waals surface area contributed by atoms with Crippen LogP contribution >= 0.6 is 0 Å². The number of hydrogen-bond acceptors (Lipinski definition) is 5. The van der Waals surface area contributed by atoms with E-state index in [0.717, 1.165) is 37.2 Å². The molecule has 0 saturated heterocycles. The zero-order chi connectivity index (χ0) is 23.3. The Labute approximate surface area is 187 Å². The molecule has 1 aliphatic carbocycles. The number of carbonyl (C=O) groups is 1. The third-order valence-electron chi connectivity index (χ3n) is 5.76. The van der Waals surface area contributed by atoms with Gasteiger partial charge in [0.05, 0.1) is 29.2 Å². The molecular weight excluding hydrogens is 435 g/mol. The third kappa shape index (κ3) is 3.91. The van der Waals surface area contributed by atoms with Gasteiger partial charge < -0.3 is 14.2 Å². The molecule has 3 heterocycles. The fraction of sp³-hybridized carbons (Fsp3) is 0.304. The Morgan fingerprint density at radius 2 is 2.03 bits per heavy atom. The number of amides is 1. The fourth-order valence-corrected chi connectivity index (χ4v) is 3.94. The summed E-state index contributed by atoms with van der Waals surface area (Å²) in [6.45, 7) is 2.94. The molecule has 0 bridgehead atoms. The van der Waals surface area contributed by atoms with Gasteiger partial charge in [-0.05, 0) is 49.9 Å². The second-order valence-corrected chi connectivity index (χ2v) is 8.22. The number of hydrogen-bond donors (Lipinski definition) is 0. The van der Waals surface area contributed by atoms with Crippen LogP contribution in [0, 0.1) is 24.2 Å². The lowest BCUT2D eigenvalue weighted by molar-refractivity contribution is -0.137. The second-order valence-electron chi connectivity index (χ2n) is 8.22. The molecule has 2 aromatic heterocycles. The first-order valence-electron chi connectivity index (χ1n) is 10.4. The molecule has 33 heavy (non-hydrogen) atoms. The molecule has 0 N–H and O–H groups in total. The third-order valence-corrected chi connectivity index (χ3v) is 5.76. The highest BCUT2D eigenvalue weighted by Gasteiger charge is 2.36. The van der Waals surface area contributed by atoms with Gasteiger partial charge in [-0.3, -0.25) is 4.79 Å². The molecule has 1 fully saturated rings. The minimum absolute atomic E-state index is 0.0602. The molecule has 0 unspecified atom stereocenters. The van der Waals surface area contributed by atoms with Crippen LogP contribution in [0.2, 0.25) is 0 Å². The van der Waals surface area contributed by atoms with Crippen LogP contribution in [0.1, 0.15) is 40.3 Å². The van der Waals surface area contributed by atoms with Crippen LogP contribution in [0.15, 0.2) is 36.5 Å². The van der Waals surface area contributed by atoms with Crippen LogP contribution < -0.4 is 4.74 Å². The maximum atomic E-state index is 12.7. The van der Waals surface area contributed by atoms with Crippen molar-refractivity contribution in [2.75, 3.05) is 6.54 Å². The number of nitrogens with zero attached hydrogens (tertiary/aromatic N) is 5. The molecule has 3 aromatic rings. The summed E-state index contributed by atoms with van der Waals surface area (Å²) in [5.74, 6) is 0.957. The Morgan fingerprint density at radius 3 is 2.67 bits per heavy atom. The highest BCUT2D eigenvalue weighted by molar-refractivity contribution is 5.94. The molecule has 1 aromatic carbocycles. The monoisotopic (exact) mass is 453 g/mol. The summed E-state index contributed by atoms with van der Waals surface area (Å²) in [5, 5.41) is 9.64. The van der Waals surface area contributed by atoms with Crippen molar-refractivity contribution < 1.29 is 22.7 Å². The zero-order valence-corrected chi connectivity index (χ0v) is 17.6. The van der Waals surface area contributed by atoms with E-state index in [-0.39, 0.29) is 23.1 Å². The summed E-state index contributed by atoms with van der Waals surface area (Å²) in [6, 6.07) is 8.93. The van der Waals surface area contributed by atoms with Crippen molar-refractivity contribution in [1.29, 1.82) is 5.26 Å². The minimum atomic E-state index is -4.50. The number of rotatable bonds is 5. The summed E-state index contributed by atoms with van der Waals surface area (Å²) in [6.07, 6.45) is -1.54. The van der Waals surface area contributed by atoms with E-state index >= 15 is 0 Å². The minimum Gasteiger partial charge on any atom is -0.438 e. The molecule has 1 saturated carbocycles. The van der Waals surface area contributed by atoms with Gasteiger partial charge in [-0.2, -0.15) is 18.4 Å². The van der Waals surface area contributed by atoms with Gasteiger partial charge in [0.25, 0.3) is 5.91 Å². The summed E-state index contributed by atoms with van der Waals surface area (Å²) in [5.41, 5.74) is 1.40. The number of pyridine rings is 1. The van der Waals surface area contributed by atoms with E-state index < -0.39 is 11.7 Å². The van der Waals surface area contributed by atoms with Crippen LogP contribution in [0.5, 0.6) is 11.6 Å². The van der Waals surface area contributed by atoms with E-state index in [1.807, 2.05) is 11.5 Å². The molecule has 2 aliphatic rings. The topological polar surface area (TPSA) is 84.0 Å². The smallest absolute Gasteiger partial charge is 0.417 e. The first kappa shape index (κ1) is 21.0. The maximum Gasteiger partial charge on any atom is 0.417 e. The van der Waals surface area contributed by atoms with Gasteiger partial charge in [0.2, 0.25) is 11.7 Å². The number of nitriles is 1. The number of alkyl halides is 3. The largest absolute Gasteiger partial charge is 0.438 e. The fourth-order valence-electron chi connectivity index (χ4n) is 3.94. The quantitative estimate of drug-likeness (QED) is 0.556. The number of aromatic nitrogens is 3. The van der Waals surface area contributed by atoms with Crippen LogP contribution in [0.4, 0.5) is 13.2 Å². The Kier molecular flexibility index (Phi) is 4.85. The predicted octanol–water partition coefficient (Wildman–Crippen LogP) is 4.76. The molecule has 0 radical (unpaired) electrons. The number of ether oxygens (including phenoxy) is 1. The Balaban J connectivity index is 1.42. The van der Waals surface area contributed by atoms with Gasteiger partial charge in [-0.1, -0.05) is 0 Å². The van der Waals surface area contributed by atoms with Crippen molar-refractivity contribution in [1.82, 2.24) is 19.4 Å². The van der Waals surface area contributed by atoms with Crippen LogP contribution in [-0.2, 0) is 12.8 Å². The van der Waals surface area contributed by atoms with Crippen molar-refractivity contribution >= 4 is 5.91 Å². The molecule has 5 rings (SSSR count). The first-order valence-corrected chi connectivity index (χ1v) is 10.4. The van der Waals surface area contributed by atoms with Gasteiger partial charge in [0, 0.05) is 24.4 Å². The lowest BCUT2D eigenvalue weighted by Gasteiger charge is -2.16. The standard InChI is InChI=1S/C23H18F3N5O2/c1-13-20(31-12-30(11-14-2-3-14)22(32)21(31)29-13)15-4-6-18(16(8-15)9-27)33-19-7-5-17(10-28-19)23(24,25)26/h4-8,10,14H,2-3,11-12H2,1H3. The molecule has 0 spiro atoms. The average Bonchev–Trinajstić information content (AvgIpc) is 3.48. The van der Waals surface area contributed by atoms with Crippen LogP contribution in [-0.4, -0.2) is 31.9 Å². The number of halogens is 3. The van der Waals surface area contributed by atoms with Crippen molar-refractivity contribution in [2.45, 2.75) is 32.6 Å². The molecule has 10 heteroatoms. The molecule has 1 amide bonds. The number of benzene rings is 1. The van der Waals surface area contributed by atoms with Gasteiger partial charge in [-0.25, -0.2) is 9.97 Å². The molecule has 0 atom stereocenters. The number of carbonyl (C=O) groups excluding carboxylic acids is 1. The van der Waals surface area contributed by atoms with E-state index in [4.69, 9.17) is 4.74 Å². The van der Waals surface area contributed by atoms with Gasteiger partial charge in [0.15, 0.2) is 0 Å². The van der Waals surface area contributed by atoms with Gasteiger partial charge in [-0.15, -0.1) is 0 Å². The normalized spacial score (nSPS) is 15.5.